The van der Waals surface area contributed by atoms with E-state index in [9.17, 15) is 28.4 Å². The van der Waals surface area contributed by atoms with Crippen LogP contribution in [0.4, 0.5) is 13.2 Å². The number of hydrogen-bond acceptors (Lipinski definition) is 4. The Morgan fingerprint density at radius 2 is 1.62 bits per heavy atom. The summed E-state index contributed by atoms with van der Waals surface area (Å²) in [6, 6.07) is 2.47. The second-order valence-electron chi connectivity index (χ2n) is 5.81. The zero-order chi connectivity index (χ0) is 16.6. The van der Waals surface area contributed by atoms with Gasteiger partial charge in [-0.2, -0.15) is 13.2 Å². The van der Waals surface area contributed by atoms with Crippen LogP contribution in [0.15, 0.2) is 18.2 Å². The molecule has 0 amide bonds. The molecule has 0 aliphatic carbocycles. The second kappa shape index (κ2) is 5.51. The van der Waals surface area contributed by atoms with Crippen LogP contribution in [0, 0.1) is 0 Å². The summed E-state index contributed by atoms with van der Waals surface area (Å²) in [4.78, 5) is 0. The molecule has 118 valence electrons. The highest BCUT2D eigenvalue weighted by atomic mass is 19.4. The molecule has 0 bridgehead atoms. The molecule has 0 aliphatic rings. The fourth-order valence-electron chi connectivity index (χ4n) is 1.49. The number of aliphatic hydroxyl groups is 1. The SMILES string of the molecule is CC(C)(O)C(C)(C)OB(O)c1ccc(O)cc1C(F)(F)F. The highest BCUT2D eigenvalue weighted by Gasteiger charge is 2.43. The molecule has 1 aromatic rings. The van der Waals surface area contributed by atoms with Crippen LogP contribution >= 0.6 is 0 Å². The molecule has 1 aromatic carbocycles. The smallest absolute Gasteiger partial charge is 0.492 e. The van der Waals surface area contributed by atoms with Crippen molar-refractivity contribution in [1.82, 2.24) is 0 Å². The molecule has 4 nitrogen and oxygen atoms in total. The van der Waals surface area contributed by atoms with Gasteiger partial charge in [0.25, 0.3) is 0 Å². The average Bonchev–Trinajstić information content (AvgIpc) is 2.25. The maximum atomic E-state index is 12.9. The molecule has 0 aromatic heterocycles. The highest BCUT2D eigenvalue weighted by molar-refractivity contribution is 6.60. The summed E-state index contributed by atoms with van der Waals surface area (Å²) in [7, 11) is -1.90. The Morgan fingerprint density at radius 1 is 1.10 bits per heavy atom. The molecule has 0 saturated carbocycles. The molecule has 3 N–H and O–H groups in total. The van der Waals surface area contributed by atoms with Gasteiger partial charge in [-0.25, -0.2) is 0 Å². The van der Waals surface area contributed by atoms with Crippen LogP contribution in [0.5, 0.6) is 5.75 Å². The fraction of sp³-hybridized carbons (Fsp3) is 0.538. The lowest BCUT2D eigenvalue weighted by Gasteiger charge is -2.38. The van der Waals surface area contributed by atoms with Crippen LogP contribution in [0.3, 0.4) is 0 Å². The van der Waals surface area contributed by atoms with Gasteiger partial charge in [0.05, 0.1) is 16.8 Å². The van der Waals surface area contributed by atoms with Crippen LogP contribution in [-0.2, 0) is 10.8 Å². The predicted octanol–water partition coefficient (Wildman–Crippen LogP) is 1.66. The Balaban J connectivity index is 3.17. The van der Waals surface area contributed by atoms with Gasteiger partial charge in [-0.3, -0.25) is 0 Å². The first-order valence-electron chi connectivity index (χ1n) is 6.24. The van der Waals surface area contributed by atoms with Crippen LogP contribution < -0.4 is 5.46 Å². The Morgan fingerprint density at radius 3 is 2.05 bits per heavy atom. The third-order valence-corrected chi connectivity index (χ3v) is 3.49. The summed E-state index contributed by atoms with van der Waals surface area (Å²) in [6.45, 7) is 5.73. The average molecular weight is 306 g/mol. The Hall–Kier alpha value is -1.25. The summed E-state index contributed by atoms with van der Waals surface area (Å²) in [5.74, 6) is -0.569. The summed E-state index contributed by atoms with van der Waals surface area (Å²) in [5, 5.41) is 29.0. The lowest BCUT2D eigenvalue weighted by molar-refractivity contribution is -0.137. The van der Waals surface area contributed by atoms with E-state index < -0.39 is 41.3 Å². The summed E-state index contributed by atoms with van der Waals surface area (Å²) in [6.07, 6.45) is -4.75. The number of phenols is 1. The molecular weight excluding hydrogens is 288 g/mol. The van der Waals surface area contributed by atoms with Gasteiger partial charge in [0.2, 0.25) is 0 Å². The van der Waals surface area contributed by atoms with E-state index in [1.807, 2.05) is 0 Å². The van der Waals surface area contributed by atoms with E-state index in [2.05, 4.69) is 0 Å². The molecular formula is C13H18BF3O4. The van der Waals surface area contributed by atoms with Crippen molar-refractivity contribution < 1.29 is 33.1 Å². The van der Waals surface area contributed by atoms with Crippen molar-refractivity contribution in [3.8, 4) is 5.75 Å². The van der Waals surface area contributed by atoms with Crippen molar-refractivity contribution in [2.75, 3.05) is 0 Å². The zero-order valence-corrected chi connectivity index (χ0v) is 12.2. The van der Waals surface area contributed by atoms with Crippen LogP contribution in [-0.4, -0.2) is 33.6 Å². The number of aromatic hydroxyl groups is 1. The first kappa shape index (κ1) is 17.8. The van der Waals surface area contributed by atoms with Gasteiger partial charge in [0.15, 0.2) is 0 Å². The van der Waals surface area contributed by atoms with Crippen LogP contribution in [0.2, 0.25) is 0 Å². The maximum Gasteiger partial charge on any atom is 0.492 e. The summed E-state index contributed by atoms with van der Waals surface area (Å²) < 4.78 is 44.0. The van der Waals surface area contributed by atoms with Gasteiger partial charge in [-0.05, 0) is 45.3 Å². The number of benzene rings is 1. The third-order valence-electron chi connectivity index (χ3n) is 3.49. The standard InChI is InChI=1S/C13H18BF3O4/c1-11(2,19)12(3,4)21-14(20)10-6-5-8(18)7-9(10)13(15,16)17/h5-7,18-20H,1-4H3. The number of rotatable bonds is 4. The molecule has 0 atom stereocenters. The monoisotopic (exact) mass is 306 g/mol. The largest absolute Gasteiger partial charge is 0.508 e. The van der Waals surface area contributed by atoms with E-state index in [-0.39, 0.29) is 0 Å². The van der Waals surface area contributed by atoms with Crippen molar-refractivity contribution in [3.05, 3.63) is 23.8 Å². The van der Waals surface area contributed by atoms with Gasteiger partial charge in [0.1, 0.15) is 5.75 Å². The molecule has 0 unspecified atom stereocenters. The van der Waals surface area contributed by atoms with E-state index in [4.69, 9.17) is 4.65 Å². The lowest BCUT2D eigenvalue weighted by Crippen LogP contribution is -2.53. The molecule has 0 aliphatic heterocycles. The Bertz CT molecular complexity index is 509. The summed E-state index contributed by atoms with van der Waals surface area (Å²) >= 11 is 0. The zero-order valence-electron chi connectivity index (χ0n) is 12.2. The minimum Gasteiger partial charge on any atom is -0.508 e. The normalized spacial score (nSPS) is 13.4. The molecule has 0 spiro atoms. The molecule has 21 heavy (non-hydrogen) atoms. The van der Waals surface area contributed by atoms with Crippen molar-refractivity contribution in [2.45, 2.75) is 45.1 Å². The number of hydrogen-bond donors (Lipinski definition) is 3. The van der Waals surface area contributed by atoms with Gasteiger partial charge in [-0.15, -0.1) is 0 Å². The second-order valence-corrected chi connectivity index (χ2v) is 5.81. The van der Waals surface area contributed by atoms with Gasteiger partial charge < -0.3 is 19.9 Å². The molecule has 0 fully saturated rings. The number of alkyl halides is 3. The van der Waals surface area contributed by atoms with Crippen LogP contribution in [0.25, 0.3) is 0 Å². The van der Waals surface area contributed by atoms with E-state index in [1.54, 1.807) is 0 Å². The Kier molecular flexibility index (Phi) is 4.67. The van der Waals surface area contributed by atoms with Crippen molar-refractivity contribution >= 4 is 12.6 Å². The minimum atomic E-state index is -4.75. The number of halogens is 3. The van der Waals surface area contributed by atoms with E-state index in [0.717, 1.165) is 12.1 Å². The highest BCUT2D eigenvalue weighted by Crippen LogP contribution is 2.31. The summed E-state index contributed by atoms with van der Waals surface area (Å²) in [5.41, 5.74) is -4.41. The van der Waals surface area contributed by atoms with Gasteiger partial charge in [0, 0.05) is 0 Å². The molecule has 8 heteroatoms. The van der Waals surface area contributed by atoms with Crippen LogP contribution in [0.1, 0.15) is 33.3 Å². The van der Waals surface area contributed by atoms with Crippen molar-refractivity contribution in [2.24, 2.45) is 0 Å². The first-order valence-corrected chi connectivity index (χ1v) is 6.24. The van der Waals surface area contributed by atoms with Crippen molar-refractivity contribution in [3.63, 3.8) is 0 Å². The van der Waals surface area contributed by atoms with Gasteiger partial charge >= 0.3 is 13.3 Å². The quantitative estimate of drug-likeness (QED) is 0.740. The molecule has 0 heterocycles. The van der Waals surface area contributed by atoms with Crippen molar-refractivity contribution in [1.29, 1.82) is 0 Å². The molecule has 0 radical (unpaired) electrons. The fourth-order valence-corrected chi connectivity index (χ4v) is 1.49. The van der Waals surface area contributed by atoms with E-state index in [1.165, 1.54) is 27.7 Å². The van der Waals surface area contributed by atoms with E-state index >= 15 is 0 Å². The van der Waals surface area contributed by atoms with E-state index in [0.29, 0.717) is 6.07 Å². The number of phenolic OH excluding ortho intramolecular Hbond substituents is 1. The third kappa shape index (κ3) is 4.12. The maximum absolute atomic E-state index is 12.9. The first-order chi connectivity index (χ1) is 9.25. The molecule has 1 rings (SSSR count). The lowest BCUT2D eigenvalue weighted by atomic mass is 9.74. The predicted molar refractivity (Wildman–Crippen MR) is 72.2 cm³/mol. The molecule has 0 saturated heterocycles. The van der Waals surface area contributed by atoms with Gasteiger partial charge in [-0.1, -0.05) is 6.07 Å². The minimum absolute atomic E-state index is 0.513. The topological polar surface area (TPSA) is 69.9 Å². The Labute approximate surface area is 121 Å².